The fourth-order valence-electron chi connectivity index (χ4n) is 1.49. The first-order chi connectivity index (χ1) is 6.97. The quantitative estimate of drug-likeness (QED) is 0.784. The maximum absolute atomic E-state index is 11.7. The highest BCUT2D eigenvalue weighted by molar-refractivity contribution is 5.44. The van der Waals surface area contributed by atoms with Crippen LogP contribution in [0.15, 0.2) is 10.9 Å². The summed E-state index contributed by atoms with van der Waals surface area (Å²) in [4.78, 5) is 11.7. The molecule has 0 radical (unpaired) electrons. The SMILES string of the molecule is CC(C)Cc1cc(N)n(C)c(=O)c1C#N. The van der Waals surface area contributed by atoms with Gasteiger partial charge in [-0.15, -0.1) is 0 Å². The Morgan fingerprint density at radius 1 is 1.60 bits per heavy atom. The molecule has 0 aliphatic rings. The average molecular weight is 205 g/mol. The van der Waals surface area contributed by atoms with Crippen LogP contribution in [-0.2, 0) is 13.5 Å². The third-order valence-corrected chi connectivity index (χ3v) is 2.29. The van der Waals surface area contributed by atoms with Crippen LogP contribution in [0.1, 0.15) is 25.0 Å². The van der Waals surface area contributed by atoms with Crippen LogP contribution in [-0.4, -0.2) is 4.57 Å². The molecule has 1 aromatic heterocycles. The third-order valence-electron chi connectivity index (χ3n) is 2.29. The van der Waals surface area contributed by atoms with Crippen LogP contribution in [0.5, 0.6) is 0 Å². The number of nitrogens with zero attached hydrogens (tertiary/aromatic N) is 2. The van der Waals surface area contributed by atoms with Crippen LogP contribution in [0.3, 0.4) is 0 Å². The molecule has 0 spiro atoms. The van der Waals surface area contributed by atoms with E-state index >= 15 is 0 Å². The number of pyridine rings is 1. The summed E-state index contributed by atoms with van der Waals surface area (Å²) in [5, 5.41) is 8.92. The van der Waals surface area contributed by atoms with Crippen molar-refractivity contribution >= 4 is 5.82 Å². The van der Waals surface area contributed by atoms with Crippen molar-refractivity contribution in [3.05, 3.63) is 27.5 Å². The Labute approximate surface area is 88.9 Å². The van der Waals surface area contributed by atoms with Crippen LogP contribution in [0.25, 0.3) is 0 Å². The predicted molar refractivity (Wildman–Crippen MR) is 59.4 cm³/mol. The van der Waals surface area contributed by atoms with Gasteiger partial charge in [-0.3, -0.25) is 9.36 Å². The van der Waals surface area contributed by atoms with Crippen LogP contribution in [0.2, 0.25) is 0 Å². The molecule has 4 nitrogen and oxygen atoms in total. The lowest BCUT2D eigenvalue weighted by molar-refractivity contribution is 0.643. The summed E-state index contributed by atoms with van der Waals surface area (Å²) in [7, 11) is 1.57. The van der Waals surface area contributed by atoms with Crippen LogP contribution >= 0.6 is 0 Å². The molecule has 0 fully saturated rings. The number of anilines is 1. The molecular formula is C11H15N3O. The van der Waals surface area contributed by atoms with Gasteiger partial charge < -0.3 is 5.73 Å². The predicted octanol–water partition coefficient (Wildman–Crippen LogP) is 1.04. The number of rotatable bonds is 2. The van der Waals surface area contributed by atoms with Crippen LogP contribution in [0, 0.1) is 17.2 Å². The van der Waals surface area contributed by atoms with Crippen molar-refractivity contribution < 1.29 is 0 Å². The molecule has 80 valence electrons. The van der Waals surface area contributed by atoms with E-state index in [4.69, 9.17) is 11.0 Å². The largest absolute Gasteiger partial charge is 0.385 e. The summed E-state index contributed by atoms with van der Waals surface area (Å²) in [5.74, 6) is 0.790. The smallest absolute Gasteiger partial charge is 0.270 e. The molecule has 0 unspecified atom stereocenters. The normalized spacial score (nSPS) is 10.3. The standard InChI is InChI=1S/C11H15N3O/c1-7(2)4-8-5-10(13)14(3)11(15)9(8)6-12/h5,7H,4,13H2,1-3H3. The van der Waals surface area contributed by atoms with Gasteiger partial charge >= 0.3 is 0 Å². The zero-order valence-electron chi connectivity index (χ0n) is 9.24. The first-order valence-corrected chi connectivity index (χ1v) is 4.85. The highest BCUT2D eigenvalue weighted by atomic mass is 16.1. The molecule has 0 aliphatic heterocycles. The van der Waals surface area contributed by atoms with Gasteiger partial charge in [-0.1, -0.05) is 13.8 Å². The topological polar surface area (TPSA) is 71.8 Å². The van der Waals surface area contributed by atoms with E-state index in [1.54, 1.807) is 13.1 Å². The lowest BCUT2D eigenvalue weighted by Crippen LogP contribution is -2.24. The van der Waals surface area contributed by atoms with Gasteiger partial charge in [0.05, 0.1) is 0 Å². The molecular weight excluding hydrogens is 190 g/mol. The molecule has 0 saturated carbocycles. The molecule has 1 heterocycles. The van der Waals surface area contributed by atoms with Gasteiger partial charge in [0.2, 0.25) is 0 Å². The molecule has 0 aromatic carbocycles. The molecule has 0 saturated heterocycles. The maximum Gasteiger partial charge on any atom is 0.270 e. The highest BCUT2D eigenvalue weighted by Gasteiger charge is 2.11. The number of hydrogen-bond acceptors (Lipinski definition) is 3. The van der Waals surface area contributed by atoms with Gasteiger partial charge in [0.1, 0.15) is 17.5 Å². The maximum atomic E-state index is 11.7. The van der Waals surface area contributed by atoms with E-state index in [-0.39, 0.29) is 11.1 Å². The summed E-state index contributed by atoms with van der Waals surface area (Å²) in [5.41, 5.74) is 6.31. The van der Waals surface area contributed by atoms with E-state index in [0.29, 0.717) is 18.2 Å². The van der Waals surface area contributed by atoms with Crippen LogP contribution < -0.4 is 11.3 Å². The number of nitrogens with two attached hydrogens (primary N) is 1. The molecule has 0 atom stereocenters. The third kappa shape index (κ3) is 2.18. The number of hydrogen-bond donors (Lipinski definition) is 1. The second-order valence-corrected chi connectivity index (χ2v) is 4.04. The fourth-order valence-corrected chi connectivity index (χ4v) is 1.49. The summed E-state index contributed by atoms with van der Waals surface area (Å²) < 4.78 is 1.29. The van der Waals surface area contributed by atoms with E-state index in [1.807, 2.05) is 19.9 Å². The summed E-state index contributed by atoms with van der Waals surface area (Å²) in [6.45, 7) is 4.07. The molecule has 0 amide bonds. The van der Waals surface area contributed by atoms with Crippen molar-refractivity contribution in [3.8, 4) is 6.07 Å². The van der Waals surface area contributed by atoms with Crippen LogP contribution in [0.4, 0.5) is 5.82 Å². The first kappa shape index (κ1) is 11.3. The summed E-state index contributed by atoms with van der Waals surface area (Å²) >= 11 is 0. The highest BCUT2D eigenvalue weighted by Crippen LogP contribution is 2.13. The lowest BCUT2D eigenvalue weighted by atomic mass is 10.00. The Bertz CT molecular complexity index is 466. The van der Waals surface area contributed by atoms with Crippen molar-refractivity contribution in [3.63, 3.8) is 0 Å². The van der Waals surface area contributed by atoms with E-state index in [1.165, 1.54) is 4.57 Å². The van der Waals surface area contributed by atoms with Crippen molar-refractivity contribution in [2.45, 2.75) is 20.3 Å². The minimum Gasteiger partial charge on any atom is -0.385 e. The molecule has 1 rings (SSSR count). The van der Waals surface area contributed by atoms with Crippen molar-refractivity contribution in [1.29, 1.82) is 5.26 Å². The Hall–Kier alpha value is -1.76. The number of nitriles is 1. The molecule has 0 aliphatic carbocycles. The fraction of sp³-hybridized carbons (Fsp3) is 0.455. The minimum atomic E-state index is -0.312. The van der Waals surface area contributed by atoms with Crippen molar-refractivity contribution in [2.24, 2.45) is 13.0 Å². The van der Waals surface area contributed by atoms with E-state index < -0.39 is 0 Å². The van der Waals surface area contributed by atoms with E-state index in [0.717, 1.165) is 5.56 Å². The van der Waals surface area contributed by atoms with Gasteiger partial charge in [0, 0.05) is 7.05 Å². The molecule has 15 heavy (non-hydrogen) atoms. The zero-order valence-corrected chi connectivity index (χ0v) is 9.24. The minimum absolute atomic E-state index is 0.209. The Balaban J connectivity index is 3.41. The first-order valence-electron chi connectivity index (χ1n) is 4.85. The number of nitrogen functional groups attached to an aromatic ring is 1. The van der Waals surface area contributed by atoms with E-state index in [2.05, 4.69) is 0 Å². The molecule has 2 N–H and O–H groups in total. The lowest BCUT2D eigenvalue weighted by Gasteiger charge is -2.10. The van der Waals surface area contributed by atoms with Gasteiger partial charge in [0.15, 0.2) is 0 Å². The van der Waals surface area contributed by atoms with Gasteiger partial charge in [-0.2, -0.15) is 5.26 Å². The Morgan fingerprint density at radius 3 is 2.67 bits per heavy atom. The van der Waals surface area contributed by atoms with Crippen molar-refractivity contribution in [2.75, 3.05) is 5.73 Å². The molecule has 0 bridgehead atoms. The monoisotopic (exact) mass is 205 g/mol. The Morgan fingerprint density at radius 2 is 2.20 bits per heavy atom. The van der Waals surface area contributed by atoms with E-state index in [9.17, 15) is 4.79 Å². The van der Waals surface area contributed by atoms with Gasteiger partial charge in [0.25, 0.3) is 5.56 Å². The second-order valence-electron chi connectivity index (χ2n) is 4.04. The van der Waals surface area contributed by atoms with Gasteiger partial charge in [-0.05, 0) is 24.0 Å². The number of aromatic nitrogens is 1. The van der Waals surface area contributed by atoms with Crippen molar-refractivity contribution in [1.82, 2.24) is 4.57 Å². The molecule has 4 heteroatoms. The average Bonchev–Trinajstić information content (AvgIpc) is 2.14. The van der Waals surface area contributed by atoms with Gasteiger partial charge in [-0.25, -0.2) is 0 Å². The second kappa shape index (κ2) is 4.18. The summed E-state index contributed by atoms with van der Waals surface area (Å²) in [6, 6.07) is 3.66. The molecule has 1 aromatic rings. The Kier molecular flexibility index (Phi) is 3.15. The summed E-state index contributed by atoms with van der Waals surface area (Å²) in [6.07, 6.45) is 0.698. The zero-order chi connectivity index (χ0) is 11.6.